The zero-order chi connectivity index (χ0) is 7.56. The van der Waals surface area contributed by atoms with Crippen molar-refractivity contribution in [1.29, 1.82) is 0 Å². The summed E-state index contributed by atoms with van der Waals surface area (Å²) in [6.07, 6.45) is 1.97. The highest BCUT2D eigenvalue weighted by Crippen LogP contribution is 2.24. The second-order valence-corrected chi connectivity index (χ2v) is 3.00. The molecule has 1 aliphatic carbocycles. The summed E-state index contributed by atoms with van der Waals surface area (Å²) in [5.74, 6) is 0. The Bertz CT molecular complexity index is 95.4. The normalized spacial score (nSPS) is 32.4. The molecule has 0 atom stereocenters. The molecule has 60 valence electrons. The third-order valence-corrected chi connectivity index (χ3v) is 2.42. The number of hydrogen-bond donors (Lipinski definition) is 1. The summed E-state index contributed by atoms with van der Waals surface area (Å²) in [7, 11) is 0. The van der Waals surface area contributed by atoms with Gasteiger partial charge in [-0.3, -0.25) is 0 Å². The lowest BCUT2D eigenvalue weighted by Crippen LogP contribution is -2.46. The Balaban J connectivity index is 2.21. The lowest BCUT2D eigenvalue weighted by molar-refractivity contribution is 0.00587. The van der Waals surface area contributed by atoms with Crippen LogP contribution in [0.1, 0.15) is 26.7 Å². The van der Waals surface area contributed by atoms with Gasteiger partial charge >= 0.3 is 0 Å². The lowest BCUT2D eigenvalue weighted by atomic mass is 9.88. The van der Waals surface area contributed by atoms with Crippen molar-refractivity contribution in [2.75, 3.05) is 13.1 Å². The molecule has 0 heterocycles. The molecule has 2 nitrogen and oxygen atoms in total. The molecule has 1 fully saturated rings. The van der Waals surface area contributed by atoms with E-state index in [0.717, 1.165) is 25.9 Å². The van der Waals surface area contributed by atoms with E-state index in [-0.39, 0.29) is 6.10 Å². The Morgan fingerprint density at radius 3 is 2.10 bits per heavy atom. The average Bonchev–Trinajstić information content (AvgIpc) is 1.87. The van der Waals surface area contributed by atoms with E-state index in [1.54, 1.807) is 0 Å². The maximum atomic E-state index is 9.03. The van der Waals surface area contributed by atoms with Crippen molar-refractivity contribution >= 4 is 0 Å². The first kappa shape index (κ1) is 8.02. The average molecular weight is 143 g/mol. The van der Waals surface area contributed by atoms with Crippen LogP contribution < -0.4 is 0 Å². The van der Waals surface area contributed by atoms with Crippen LogP contribution in [0.25, 0.3) is 0 Å². The Morgan fingerprint density at radius 1 is 1.30 bits per heavy atom. The highest BCUT2D eigenvalue weighted by molar-refractivity contribution is 4.85. The minimum Gasteiger partial charge on any atom is -0.393 e. The van der Waals surface area contributed by atoms with E-state index in [1.807, 2.05) is 0 Å². The predicted octanol–water partition coefficient (Wildman–Crippen LogP) is 0.851. The van der Waals surface area contributed by atoms with Crippen molar-refractivity contribution in [2.45, 2.75) is 38.8 Å². The van der Waals surface area contributed by atoms with Gasteiger partial charge < -0.3 is 10.0 Å². The summed E-state index contributed by atoms with van der Waals surface area (Å²) < 4.78 is 0. The fourth-order valence-corrected chi connectivity index (χ4v) is 1.60. The molecule has 0 unspecified atom stereocenters. The fourth-order valence-electron chi connectivity index (χ4n) is 1.60. The molecule has 0 aromatic rings. The molecule has 2 heteroatoms. The van der Waals surface area contributed by atoms with E-state index < -0.39 is 0 Å². The van der Waals surface area contributed by atoms with E-state index in [4.69, 9.17) is 5.11 Å². The van der Waals surface area contributed by atoms with E-state index in [9.17, 15) is 0 Å². The minimum absolute atomic E-state index is 0.00870. The van der Waals surface area contributed by atoms with Crippen LogP contribution in [-0.4, -0.2) is 35.2 Å². The quantitative estimate of drug-likeness (QED) is 0.633. The number of aliphatic hydroxyl groups excluding tert-OH is 1. The maximum Gasteiger partial charge on any atom is 0.0570 e. The fraction of sp³-hybridized carbons (Fsp3) is 1.00. The van der Waals surface area contributed by atoms with Crippen LogP contribution in [0.5, 0.6) is 0 Å². The van der Waals surface area contributed by atoms with Crippen LogP contribution in [-0.2, 0) is 0 Å². The Morgan fingerprint density at radius 2 is 1.80 bits per heavy atom. The largest absolute Gasteiger partial charge is 0.393 e. The molecule has 0 aromatic heterocycles. The van der Waals surface area contributed by atoms with Crippen molar-refractivity contribution in [2.24, 2.45) is 0 Å². The van der Waals surface area contributed by atoms with Gasteiger partial charge in [-0.2, -0.15) is 0 Å². The summed E-state index contributed by atoms with van der Waals surface area (Å²) in [4.78, 5) is 2.41. The van der Waals surface area contributed by atoms with Crippen molar-refractivity contribution < 1.29 is 5.11 Å². The van der Waals surface area contributed by atoms with E-state index in [2.05, 4.69) is 18.7 Å². The Hall–Kier alpha value is -0.0800. The zero-order valence-corrected chi connectivity index (χ0v) is 6.88. The van der Waals surface area contributed by atoms with E-state index in [0.29, 0.717) is 6.04 Å². The smallest absolute Gasteiger partial charge is 0.0570 e. The van der Waals surface area contributed by atoms with Gasteiger partial charge in [-0.25, -0.2) is 0 Å². The molecule has 0 saturated heterocycles. The Labute approximate surface area is 62.8 Å². The predicted molar refractivity (Wildman–Crippen MR) is 41.9 cm³/mol. The molecule has 0 aliphatic heterocycles. The van der Waals surface area contributed by atoms with Gasteiger partial charge in [0.1, 0.15) is 0 Å². The molecular formula is C8H17NO. The summed E-state index contributed by atoms with van der Waals surface area (Å²) in [6.45, 7) is 6.59. The molecule has 1 rings (SSSR count). The van der Waals surface area contributed by atoms with Crippen molar-refractivity contribution in [3.63, 3.8) is 0 Å². The van der Waals surface area contributed by atoms with E-state index in [1.165, 1.54) is 0 Å². The topological polar surface area (TPSA) is 23.5 Å². The summed E-state index contributed by atoms with van der Waals surface area (Å²) >= 11 is 0. The summed E-state index contributed by atoms with van der Waals surface area (Å²) in [5.41, 5.74) is 0. The zero-order valence-electron chi connectivity index (χ0n) is 6.88. The van der Waals surface area contributed by atoms with Crippen LogP contribution >= 0.6 is 0 Å². The highest BCUT2D eigenvalue weighted by Gasteiger charge is 2.30. The standard InChI is InChI=1S/C8H17NO/c1-3-9(4-2)7-5-8(10)6-7/h7-8,10H,3-6H2,1-2H3/t7-,8-. The number of hydrogen-bond acceptors (Lipinski definition) is 2. The van der Waals surface area contributed by atoms with Crippen LogP contribution in [0.3, 0.4) is 0 Å². The van der Waals surface area contributed by atoms with Gasteiger partial charge in [0.15, 0.2) is 0 Å². The molecule has 1 aliphatic rings. The van der Waals surface area contributed by atoms with Gasteiger partial charge in [0.25, 0.3) is 0 Å². The lowest BCUT2D eigenvalue weighted by Gasteiger charge is -2.39. The van der Waals surface area contributed by atoms with Gasteiger partial charge in [0, 0.05) is 6.04 Å². The summed E-state index contributed by atoms with van der Waals surface area (Å²) in [5, 5.41) is 9.03. The number of aliphatic hydroxyl groups is 1. The van der Waals surface area contributed by atoms with Gasteiger partial charge in [0.05, 0.1) is 6.10 Å². The number of rotatable bonds is 3. The number of nitrogens with zero attached hydrogens (tertiary/aromatic N) is 1. The minimum atomic E-state index is -0.00870. The SMILES string of the molecule is CCN(CC)[C@H]1C[C@H](O)C1. The van der Waals surface area contributed by atoms with Crippen molar-refractivity contribution in [3.05, 3.63) is 0 Å². The molecule has 1 N–H and O–H groups in total. The Kier molecular flexibility index (Phi) is 2.69. The molecular weight excluding hydrogens is 126 g/mol. The highest BCUT2D eigenvalue weighted by atomic mass is 16.3. The molecule has 10 heavy (non-hydrogen) atoms. The van der Waals surface area contributed by atoms with Gasteiger partial charge in [-0.15, -0.1) is 0 Å². The van der Waals surface area contributed by atoms with Crippen LogP contribution in [0.4, 0.5) is 0 Å². The molecule has 0 aromatic carbocycles. The van der Waals surface area contributed by atoms with Gasteiger partial charge in [0.2, 0.25) is 0 Å². The maximum absolute atomic E-state index is 9.03. The van der Waals surface area contributed by atoms with Gasteiger partial charge in [-0.1, -0.05) is 13.8 Å². The van der Waals surface area contributed by atoms with Crippen molar-refractivity contribution in [3.8, 4) is 0 Å². The first-order valence-electron chi connectivity index (χ1n) is 4.20. The van der Waals surface area contributed by atoms with Crippen LogP contribution in [0.2, 0.25) is 0 Å². The molecule has 0 bridgehead atoms. The molecule has 0 radical (unpaired) electrons. The third kappa shape index (κ3) is 1.50. The van der Waals surface area contributed by atoms with Gasteiger partial charge in [-0.05, 0) is 25.9 Å². The first-order chi connectivity index (χ1) is 4.77. The monoisotopic (exact) mass is 143 g/mol. The summed E-state index contributed by atoms with van der Waals surface area (Å²) in [6, 6.07) is 0.671. The van der Waals surface area contributed by atoms with Crippen LogP contribution in [0.15, 0.2) is 0 Å². The van der Waals surface area contributed by atoms with E-state index >= 15 is 0 Å². The second kappa shape index (κ2) is 3.35. The second-order valence-electron chi connectivity index (χ2n) is 3.00. The van der Waals surface area contributed by atoms with Crippen LogP contribution in [0, 0.1) is 0 Å². The third-order valence-electron chi connectivity index (χ3n) is 2.42. The van der Waals surface area contributed by atoms with Crippen molar-refractivity contribution in [1.82, 2.24) is 4.90 Å². The first-order valence-corrected chi connectivity index (χ1v) is 4.20. The molecule has 1 saturated carbocycles. The molecule has 0 amide bonds. The molecule has 0 spiro atoms.